The highest BCUT2D eigenvalue weighted by molar-refractivity contribution is 8.00. The number of aryl methyl sites for hydroxylation is 4. The third-order valence-electron chi connectivity index (χ3n) is 4.91. The number of Topliss-reactive ketones (excluding diaryl/α,β-unsaturated/α-hetero) is 2. The zero-order valence-corrected chi connectivity index (χ0v) is 16.8. The molecule has 0 fully saturated rings. The van der Waals surface area contributed by atoms with Crippen molar-refractivity contribution in [2.24, 2.45) is 0 Å². The standard InChI is InChI=1S/C22H26O2S/c1-13-7-9-15(3)21(17(13)5)19(23)11-25-12-20(24)22-16(4)10-8-14(2)18(22)6/h7-10H,11-12H2,1-6H3. The first kappa shape index (κ1) is 19.5. The molecule has 2 aromatic carbocycles. The molecule has 0 heterocycles. The molecule has 0 aliphatic rings. The number of benzene rings is 2. The Morgan fingerprint density at radius 1 is 0.640 bits per heavy atom. The van der Waals surface area contributed by atoms with Gasteiger partial charge in [0.2, 0.25) is 0 Å². The number of ketones is 2. The molecule has 0 atom stereocenters. The average Bonchev–Trinajstić information content (AvgIpc) is 2.55. The molecule has 0 saturated heterocycles. The van der Waals surface area contributed by atoms with E-state index >= 15 is 0 Å². The molecule has 0 spiro atoms. The van der Waals surface area contributed by atoms with E-state index in [1.54, 1.807) is 0 Å². The molecule has 0 amide bonds. The highest BCUT2D eigenvalue weighted by Gasteiger charge is 2.17. The van der Waals surface area contributed by atoms with Gasteiger partial charge in [0.05, 0.1) is 11.5 Å². The van der Waals surface area contributed by atoms with Gasteiger partial charge in [0.1, 0.15) is 0 Å². The van der Waals surface area contributed by atoms with Gasteiger partial charge in [-0.1, -0.05) is 24.3 Å². The predicted octanol–water partition coefficient (Wildman–Crippen LogP) is 5.34. The van der Waals surface area contributed by atoms with Gasteiger partial charge in [0.25, 0.3) is 0 Å². The maximum Gasteiger partial charge on any atom is 0.173 e. The predicted molar refractivity (Wildman–Crippen MR) is 107 cm³/mol. The molecule has 0 aliphatic heterocycles. The molecule has 0 saturated carbocycles. The van der Waals surface area contributed by atoms with Crippen LogP contribution in [0.2, 0.25) is 0 Å². The lowest BCUT2D eigenvalue weighted by Gasteiger charge is -2.12. The summed E-state index contributed by atoms with van der Waals surface area (Å²) in [7, 11) is 0. The Balaban J connectivity index is 2.07. The van der Waals surface area contributed by atoms with E-state index in [2.05, 4.69) is 0 Å². The Morgan fingerprint density at radius 3 is 1.32 bits per heavy atom. The van der Waals surface area contributed by atoms with E-state index < -0.39 is 0 Å². The number of rotatable bonds is 6. The van der Waals surface area contributed by atoms with E-state index in [9.17, 15) is 9.59 Å². The van der Waals surface area contributed by atoms with Crippen LogP contribution in [-0.2, 0) is 0 Å². The molecular formula is C22H26O2S. The third kappa shape index (κ3) is 4.21. The Morgan fingerprint density at radius 2 is 0.960 bits per heavy atom. The van der Waals surface area contributed by atoms with Gasteiger partial charge in [-0.15, -0.1) is 11.8 Å². The van der Waals surface area contributed by atoms with E-state index in [0.717, 1.165) is 44.5 Å². The number of carbonyl (C=O) groups excluding carboxylic acids is 2. The Hall–Kier alpha value is -1.87. The molecule has 0 N–H and O–H groups in total. The first-order valence-corrected chi connectivity index (χ1v) is 9.67. The van der Waals surface area contributed by atoms with Crippen molar-refractivity contribution in [3.63, 3.8) is 0 Å². The topological polar surface area (TPSA) is 34.1 Å². The van der Waals surface area contributed by atoms with Gasteiger partial charge in [0.15, 0.2) is 11.6 Å². The molecule has 2 aromatic rings. The van der Waals surface area contributed by atoms with Crippen molar-refractivity contribution >= 4 is 23.3 Å². The van der Waals surface area contributed by atoms with E-state index in [1.165, 1.54) is 11.8 Å². The summed E-state index contributed by atoms with van der Waals surface area (Å²) < 4.78 is 0. The fourth-order valence-electron chi connectivity index (χ4n) is 3.14. The summed E-state index contributed by atoms with van der Waals surface area (Å²) in [5.41, 5.74) is 7.97. The number of thioether (sulfide) groups is 1. The van der Waals surface area contributed by atoms with Crippen LogP contribution in [0.3, 0.4) is 0 Å². The smallest absolute Gasteiger partial charge is 0.173 e. The van der Waals surface area contributed by atoms with Crippen LogP contribution < -0.4 is 0 Å². The second-order valence-corrected chi connectivity index (χ2v) is 7.72. The SMILES string of the molecule is Cc1ccc(C)c(C(=O)CSCC(=O)c2c(C)ccc(C)c2C)c1C. The fourth-order valence-corrected chi connectivity index (χ4v) is 3.90. The molecule has 2 nitrogen and oxygen atoms in total. The first-order valence-electron chi connectivity index (χ1n) is 8.51. The minimum absolute atomic E-state index is 0.106. The van der Waals surface area contributed by atoms with E-state index in [1.807, 2.05) is 65.8 Å². The van der Waals surface area contributed by atoms with Crippen LogP contribution in [0.5, 0.6) is 0 Å². The minimum Gasteiger partial charge on any atom is -0.293 e. The van der Waals surface area contributed by atoms with Crippen molar-refractivity contribution in [2.45, 2.75) is 41.5 Å². The van der Waals surface area contributed by atoms with Crippen LogP contribution in [0, 0.1) is 41.5 Å². The van der Waals surface area contributed by atoms with Gasteiger partial charge in [-0.25, -0.2) is 0 Å². The summed E-state index contributed by atoms with van der Waals surface area (Å²) in [6.07, 6.45) is 0. The number of carbonyl (C=O) groups is 2. The summed E-state index contributed by atoms with van der Waals surface area (Å²) in [4.78, 5) is 25.2. The monoisotopic (exact) mass is 354 g/mol. The van der Waals surface area contributed by atoms with Crippen LogP contribution in [0.25, 0.3) is 0 Å². The molecule has 0 aromatic heterocycles. The fraction of sp³-hybridized carbons (Fsp3) is 0.364. The van der Waals surface area contributed by atoms with E-state index in [-0.39, 0.29) is 11.6 Å². The molecule has 0 unspecified atom stereocenters. The van der Waals surface area contributed by atoms with Gasteiger partial charge >= 0.3 is 0 Å². The van der Waals surface area contributed by atoms with Crippen molar-refractivity contribution in [1.29, 1.82) is 0 Å². The summed E-state index contributed by atoms with van der Waals surface area (Å²) in [6.45, 7) is 12.0. The molecule has 2 rings (SSSR count). The minimum atomic E-state index is 0.106. The largest absolute Gasteiger partial charge is 0.293 e. The van der Waals surface area contributed by atoms with Crippen molar-refractivity contribution in [3.8, 4) is 0 Å². The summed E-state index contributed by atoms with van der Waals surface area (Å²) in [5.74, 6) is 0.880. The zero-order chi connectivity index (χ0) is 18.7. The molecule has 3 heteroatoms. The number of hydrogen-bond donors (Lipinski definition) is 0. The van der Waals surface area contributed by atoms with Gasteiger partial charge in [-0.3, -0.25) is 9.59 Å². The molecule has 0 aliphatic carbocycles. The highest BCUT2D eigenvalue weighted by atomic mass is 32.2. The molecule has 0 bridgehead atoms. The lowest BCUT2D eigenvalue weighted by Crippen LogP contribution is -2.12. The Kier molecular flexibility index (Phi) is 6.23. The zero-order valence-electron chi connectivity index (χ0n) is 15.9. The van der Waals surface area contributed by atoms with Crippen LogP contribution in [-0.4, -0.2) is 23.1 Å². The second kappa shape index (κ2) is 8.01. The Labute approximate surface area is 155 Å². The summed E-state index contributed by atoms with van der Waals surface area (Å²) in [5, 5.41) is 0. The maximum atomic E-state index is 12.6. The van der Waals surface area contributed by atoms with Crippen LogP contribution in [0.1, 0.15) is 54.1 Å². The highest BCUT2D eigenvalue weighted by Crippen LogP contribution is 2.22. The quantitative estimate of drug-likeness (QED) is 0.657. The first-order chi connectivity index (χ1) is 11.7. The van der Waals surface area contributed by atoms with Gasteiger partial charge in [-0.2, -0.15) is 0 Å². The van der Waals surface area contributed by atoms with E-state index in [0.29, 0.717) is 11.5 Å². The lowest BCUT2D eigenvalue weighted by molar-refractivity contribution is 0.101. The van der Waals surface area contributed by atoms with Crippen molar-refractivity contribution < 1.29 is 9.59 Å². The van der Waals surface area contributed by atoms with Gasteiger partial charge in [0, 0.05) is 11.1 Å². The molecule has 0 radical (unpaired) electrons. The van der Waals surface area contributed by atoms with E-state index in [4.69, 9.17) is 0 Å². The Bertz CT molecular complexity index is 765. The van der Waals surface area contributed by atoms with Crippen molar-refractivity contribution in [2.75, 3.05) is 11.5 Å². The lowest BCUT2D eigenvalue weighted by atomic mass is 9.96. The normalized spacial score (nSPS) is 10.8. The van der Waals surface area contributed by atoms with Crippen LogP contribution in [0.4, 0.5) is 0 Å². The van der Waals surface area contributed by atoms with Crippen LogP contribution >= 0.6 is 11.8 Å². The van der Waals surface area contributed by atoms with Gasteiger partial charge in [-0.05, 0) is 74.9 Å². The molecule has 25 heavy (non-hydrogen) atoms. The van der Waals surface area contributed by atoms with Crippen molar-refractivity contribution in [3.05, 3.63) is 68.8 Å². The van der Waals surface area contributed by atoms with Gasteiger partial charge < -0.3 is 0 Å². The molecule has 132 valence electrons. The third-order valence-corrected chi connectivity index (χ3v) is 5.84. The summed E-state index contributed by atoms with van der Waals surface area (Å²) in [6, 6.07) is 8.07. The second-order valence-electron chi connectivity index (χ2n) is 6.74. The number of hydrogen-bond acceptors (Lipinski definition) is 3. The van der Waals surface area contributed by atoms with Crippen LogP contribution in [0.15, 0.2) is 24.3 Å². The van der Waals surface area contributed by atoms with Crippen molar-refractivity contribution in [1.82, 2.24) is 0 Å². The maximum absolute atomic E-state index is 12.6. The molecular weight excluding hydrogens is 328 g/mol. The summed E-state index contributed by atoms with van der Waals surface area (Å²) >= 11 is 1.41. The average molecular weight is 355 g/mol.